The molecule has 2 aliphatic heterocycles. The fraction of sp³-hybridized carbons (Fsp3) is 0.833. The molecule has 2 fully saturated rings. The molecule has 0 saturated carbocycles. The molecule has 2 aliphatic rings. The Labute approximate surface area is 91.1 Å². The molecule has 3 nitrogen and oxygen atoms in total. The Morgan fingerprint density at radius 2 is 2.00 bits per heavy atom. The van der Waals surface area contributed by atoms with Crippen LogP contribution < -0.4 is 0 Å². The number of hydrogen-bond donors (Lipinski definition) is 0. The first-order valence-corrected chi connectivity index (χ1v) is 5.84. The van der Waals surface area contributed by atoms with Gasteiger partial charge in [0, 0.05) is 30.8 Å². The summed E-state index contributed by atoms with van der Waals surface area (Å²) in [5, 5.41) is 8.46. The molecular weight excluding hydrogens is 188 g/mol. The molecule has 2 rings (SSSR count). The first-order chi connectivity index (χ1) is 7.22. The first-order valence-electron chi connectivity index (χ1n) is 5.84. The van der Waals surface area contributed by atoms with E-state index in [1.807, 2.05) is 0 Å². The molecule has 0 spiro atoms. The van der Waals surface area contributed by atoms with Gasteiger partial charge in [-0.2, -0.15) is 5.26 Å². The highest BCUT2D eigenvalue weighted by Crippen LogP contribution is 2.38. The molecule has 0 aromatic carbocycles. The third kappa shape index (κ3) is 2.05. The van der Waals surface area contributed by atoms with Crippen LogP contribution in [0.3, 0.4) is 0 Å². The predicted octanol–water partition coefficient (Wildman–Crippen LogP) is 1.73. The van der Waals surface area contributed by atoms with Crippen LogP contribution in [0.15, 0.2) is 0 Å². The molecule has 82 valence electrons. The van der Waals surface area contributed by atoms with Gasteiger partial charge in [0.25, 0.3) is 0 Å². The first kappa shape index (κ1) is 10.6. The van der Waals surface area contributed by atoms with E-state index in [2.05, 4.69) is 18.0 Å². The second-order valence-electron chi connectivity index (χ2n) is 4.84. The number of nitriles is 1. The van der Waals surface area contributed by atoms with E-state index in [0.29, 0.717) is 30.7 Å². The van der Waals surface area contributed by atoms with Crippen LogP contribution in [0, 0.1) is 17.2 Å². The molecule has 0 N–H and O–H groups in total. The predicted molar refractivity (Wildman–Crippen MR) is 57.2 cm³/mol. The zero-order chi connectivity index (χ0) is 10.8. The lowest BCUT2D eigenvalue weighted by molar-refractivity contribution is -0.124. The van der Waals surface area contributed by atoms with Gasteiger partial charge in [-0.25, -0.2) is 0 Å². The molecule has 2 saturated heterocycles. The van der Waals surface area contributed by atoms with Crippen LogP contribution in [0.4, 0.5) is 0 Å². The Morgan fingerprint density at radius 1 is 1.40 bits per heavy atom. The van der Waals surface area contributed by atoms with E-state index in [0.717, 1.165) is 12.8 Å². The van der Waals surface area contributed by atoms with Gasteiger partial charge >= 0.3 is 0 Å². The van der Waals surface area contributed by atoms with Gasteiger partial charge in [-0.15, -0.1) is 0 Å². The van der Waals surface area contributed by atoms with E-state index in [-0.39, 0.29) is 5.92 Å². The molecule has 2 bridgehead atoms. The monoisotopic (exact) mass is 206 g/mol. The fourth-order valence-electron chi connectivity index (χ4n) is 3.06. The van der Waals surface area contributed by atoms with Gasteiger partial charge in [-0.1, -0.05) is 0 Å². The summed E-state index contributed by atoms with van der Waals surface area (Å²) in [5.41, 5.74) is 0. The molecule has 0 aromatic heterocycles. The van der Waals surface area contributed by atoms with Crippen molar-refractivity contribution < 1.29 is 4.79 Å². The van der Waals surface area contributed by atoms with Crippen molar-refractivity contribution in [1.82, 2.24) is 4.90 Å². The minimum atomic E-state index is 0.243. The third-order valence-corrected chi connectivity index (χ3v) is 4.04. The van der Waals surface area contributed by atoms with E-state index in [1.165, 1.54) is 12.8 Å². The number of carbonyl (C=O) groups is 1. The smallest absolute Gasteiger partial charge is 0.137 e. The van der Waals surface area contributed by atoms with Crippen molar-refractivity contribution in [2.24, 2.45) is 5.92 Å². The second kappa shape index (κ2) is 4.32. The second-order valence-corrected chi connectivity index (χ2v) is 4.84. The van der Waals surface area contributed by atoms with E-state index in [4.69, 9.17) is 5.26 Å². The lowest BCUT2D eigenvalue weighted by Gasteiger charge is -2.35. The number of carbonyl (C=O) groups excluding carboxylic acids is 1. The van der Waals surface area contributed by atoms with Crippen molar-refractivity contribution in [2.75, 3.05) is 7.05 Å². The molecule has 3 heteroatoms. The Kier molecular flexibility index (Phi) is 3.06. The molecule has 2 heterocycles. The van der Waals surface area contributed by atoms with Gasteiger partial charge in [0.15, 0.2) is 0 Å². The van der Waals surface area contributed by atoms with Crippen molar-refractivity contribution >= 4 is 5.78 Å². The molecule has 2 atom stereocenters. The topological polar surface area (TPSA) is 44.1 Å². The average Bonchev–Trinajstić information content (AvgIpc) is 2.49. The number of rotatable bonds is 3. The molecule has 0 radical (unpaired) electrons. The zero-order valence-electron chi connectivity index (χ0n) is 9.28. The zero-order valence-corrected chi connectivity index (χ0v) is 9.28. The van der Waals surface area contributed by atoms with Crippen molar-refractivity contribution in [3.8, 4) is 6.07 Å². The maximum atomic E-state index is 11.8. The Balaban J connectivity index is 1.91. The van der Waals surface area contributed by atoms with E-state index >= 15 is 0 Å². The summed E-state index contributed by atoms with van der Waals surface area (Å²) in [6, 6.07) is 3.30. The van der Waals surface area contributed by atoms with Gasteiger partial charge < -0.3 is 4.90 Å². The van der Waals surface area contributed by atoms with E-state index in [9.17, 15) is 4.79 Å². The summed E-state index contributed by atoms with van der Waals surface area (Å²) in [5.74, 6) is 0.564. The van der Waals surface area contributed by atoms with Gasteiger partial charge in [0.2, 0.25) is 0 Å². The highest BCUT2D eigenvalue weighted by molar-refractivity contribution is 5.81. The van der Waals surface area contributed by atoms with Crippen LogP contribution in [-0.2, 0) is 4.79 Å². The minimum Gasteiger partial charge on any atom is -0.300 e. The van der Waals surface area contributed by atoms with Gasteiger partial charge in [-0.3, -0.25) is 4.79 Å². The highest BCUT2D eigenvalue weighted by Gasteiger charge is 2.40. The largest absolute Gasteiger partial charge is 0.300 e. The van der Waals surface area contributed by atoms with Gasteiger partial charge in [0.05, 0.1) is 6.07 Å². The van der Waals surface area contributed by atoms with Crippen LogP contribution in [0.5, 0.6) is 0 Å². The standard InChI is InChI=1S/C12H18N2O/c1-14-10-4-5-11(14)8-9(7-10)12(15)3-2-6-13/h9-11H,2-5,7-8H2,1H3. The number of nitrogens with zero attached hydrogens (tertiary/aromatic N) is 2. The van der Waals surface area contributed by atoms with Crippen LogP contribution >= 0.6 is 0 Å². The summed E-state index contributed by atoms with van der Waals surface area (Å²) in [4.78, 5) is 14.3. The third-order valence-electron chi connectivity index (χ3n) is 4.04. The molecule has 15 heavy (non-hydrogen) atoms. The highest BCUT2D eigenvalue weighted by atomic mass is 16.1. The van der Waals surface area contributed by atoms with Crippen molar-refractivity contribution in [2.45, 2.75) is 50.6 Å². The van der Waals surface area contributed by atoms with Gasteiger partial charge in [0.1, 0.15) is 5.78 Å². The fourth-order valence-corrected chi connectivity index (χ4v) is 3.06. The normalized spacial score (nSPS) is 35.1. The van der Waals surface area contributed by atoms with E-state index in [1.54, 1.807) is 0 Å². The lowest BCUT2D eigenvalue weighted by atomic mass is 9.86. The van der Waals surface area contributed by atoms with Crippen LogP contribution in [-0.4, -0.2) is 29.8 Å². The molecule has 0 aliphatic carbocycles. The van der Waals surface area contributed by atoms with E-state index < -0.39 is 0 Å². The number of hydrogen-bond acceptors (Lipinski definition) is 3. The summed E-state index contributed by atoms with van der Waals surface area (Å²) in [6.07, 6.45) is 5.41. The molecule has 0 amide bonds. The summed E-state index contributed by atoms with van der Waals surface area (Å²) in [6.45, 7) is 0. The Morgan fingerprint density at radius 3 is 2.53 bits per heavy atom. The molecule has 2 unspecified atom stereocenters. The Bertz CT molecular complexity index is 280. The summed E-state index contributed by atoms with van der Waals surface area (Å²) >= 11 is 0. The van der Waals surface area contributed by atoms with Gasteiger partial charge in [-0.05, 0) is 32.7 Å². The van der Waals surface area contributed by atoms with Crippen molar-refractivity contribution in [1.29, 1.82) is 5.26 Å². The number of fused-ring (bicyclic) bond motifs is 2. The van der Waals surface area contributed by atoms with Crippen molar-refractivity contribution in [3.63, 3.8) is 0 Å². The molecule has 0 aromatic rings. The summed E-state index contributed by atoms with van der Waals surface area (Å²) < 4.78 is 0. The van der Waals surface area contributed by atoms with Crippen molar-refractivity contribution in [3.05, 3.63) is 0 Å². The average molecular weight is 206 g/mol. The maximum absolute atomic E-state index is 11.8. The minimum absolute atomic E-state index is 0.243. The van der Waals surface area contributed by atoms with Crippen LogP contribution in [0.2, 0.25) is 0 Å². The number of ketones is 1. The number of piperidine rings is 1. The lowest BCUT2D eigenvalue weighted by Crippen LogP contribution is -2.42. The SMILES string of the molecule is CN1C2CCC1CC(C(=O)CCC#N)C2. The summed E-state index contributed by atoms with van der Waals surface area (Å²) in [7, 11) is 2.18. The maximum Gasteiger partial charge on any atom is 0.137 e. The van der Waals surface area contributed by atoms with Crippen LogP contribution in [0.25, 0.3) is 0 Å². The van der Waals surface area contributed by atoms with Crippen LogP contribution in [0.1, 0.15) is 38.5 Å². The molecular formula is C12H18N2O. The quantitative estimate of drug-likeness (QED) is 0.706. The number of Topliss-reactive ketones (excluding diaryl/α,β-unsaturated/α-hetero) is 1. The Hall–Kier alpha value is -0.880.